The first-order chi connectivity index (χ1) is 15.2. The zero-order valence-corrected chi connectivity index (χ0v) is 20.3. The van der Waals surface area contributed by atoms with Crippen molar-refractivity contribution in [1.29, 1.82) is 0 Å². The first-order valence-electron chi connectivity index (χ1n) is 10.2. The summed E-state index contributed by atoms with van der Waals surface area (Å²) in [4.78, 5) is 24.5. The SMILES string of the molecule is CN1CCC(CN=C2NC(=O)/C(=C/c3csc(-c4ccc(NS(C)(=O)=O)cc4)n3)S2)CC1. The molecule has 170 valence electrons. The molecule has 0 spiro atoms. The first kappa shape index (κ1) is 23.0. The van der Waals surface area contributed by atoms with E-state index in [4.69, 9.17) is 0 Å². The molecule has 3 heterocycles. The number of piperidine rings is 1. The van der Waals surface area contributed by atoms with Crippen LogP contribution in [0.1, 0.15) is 18.5 Å². The molecule has 0 aliphatic carbocycles. The summed E-state index contributed by atoms with van der Waals surface area (Å²) in [6, 6.07) is 7.02. The number of nitrogens with zero attached hydrogens (tertiary/aromatic N) is 3. The van der Waals surface area contributed by atoms with Crippen LogP contribution in [0.3, 0.4) is 0 Å². The van der Waals surface area contributed by atoms with Crippen molar-refractivity contribution in [1.82, 2.24) is 15.2 Å². The lowest BCUT2D eigenvalue weighted by Gasteiger charge is -2.27. The van der Waals surface area contributed by atoms with Crippen molar-refractivity contribution in [2.24, 2.45) is 10.9 Å². The van der Waals surface area contributed by atoms with E-state index in [9.17, 15) is 13.2 Å². The average Bonchev–Trinajstić information content (AvgIpc) is 3.34. The van der Waals surface area contributed by atoms with Crippen molar-refractivity contribution in [3.8, 4) is 10.6 Å². The summed E-state index contributed by atoms with van der Waals surface area (Å²) in [5, 5.41) is 6.20. The highest BCUT2D eigenvalue weighted by molar-refractivity contribution is 8.18. The third-order valence-electron chi connectivity index (χ3n) is 5.22. The van der Waals surface area contributed by atoms with Gasteiger partial charge in [0.2, 0.25) is 10.0 Å². The average molecular weight is 492 g/mol. The van der Waals surface area contributed by atoms with Crippen LogP contribution in [0.25, 0.3) is 16.6 Å². The van der Waals surface area contributed by atoms with Crippen LogP contribution >= 0.6 is 23.1 Å². The van der Waals surface area contributed by atoms with Crippen molar-refractivity contribution in [3.05, 3.63) is 40.2 Å². The minimum absolute atomic E-state index is 0.150. The number of aliphatic imine (C=N–C) groups is 1. The predicted molar refractivity (Wildman–Crippen MR) is 132 cm³/mol. The van der Waals surface area contributed by atoms with Gasteiger partial charge >= 0.3 is 0 Å². The number of thioether (sulfide) groups is 1. The Morgan fingerprint density at radius 1 is 1.28 bits per heavy atom. The molecule has 0 bridgehead atoms. The van der Waals surface area contributed by atoms with E-state index in [1.54, 1.807) is 18.2 Å². The maximum Gasteiger partial charge on any atom is 0.264 e. The Kier molecular flexibility index (Phi) is 6.99. The molecule has 0 atom stereocenters. The Morgan fingerprint density at radius 2 is 2.00 bits per heavy atom. The van der Waals surface area contributed by atoms with Gasteiger partial charge in [0.25, 0.3) is 5.91 Å². The molecule has 2 fully saturated rings. The Morgan fingerprint density at radius 3 is 2.69 bits per heavy atom. The van der Waals surface area contributed by atoms with E-state index in [0.717, 1.165) is 49.3 Å². The normalized spacial score (nSPS) is 20.8. The van der Waals surface area contributed by atoms with Crippen LogP contribution in [0.4, 0.5) is 5.69 Å². The fraction of sp³-hybridized carbons (Fsp3) is 0.381. The van der Waals surface area contributed by atoms with Crippen LogP contribution in [0.5, 0.6) is 0 Å². The Labute approximate surface area is 196 Å². The molecule has 4 rings (SSSR count). The lowest BCUT2D eigenvalue weighted by atomic mass is 9.97. The second kappa shape index (κ2) is 9.74. The zero-order valence-electron chi connectivity index (χ0n) is 17.9. The van der Waals surface area contributed by atoms with Crippen molar-refractivity contribution in [3.63, 3.8) is 0 Å². The molecule has 0 radical (unpaired) electrons. The van der Waals surface area contributed by atoms with Crippen LogP contribution in [-0.4, -0.2) is 62.3 Å². The summed E-state index contributed by atoms with van der Waals surface area (Å²) in [6.45, 7) is 2.95. The number of amides is 1. The molecule has 0 saturated carbocycles. The van der Waals surface area contributed by atoms with Gasteiger partial charge in [-0.05, 0) is 81.0 Å². The second-order valence-corrected chi connectivity index (χ2v) is 11.6. The maximum absolute atomic E-state index is 12.3. The van der Waals surface area contributed by atoms with Gasteiger partial charge in [0.15, 0.2) is 5.17 Å². The summed E-state index contributed by atoms with van der Waals surface area (Å²) >= 11 is 2.82. The minimum atomic E-state index is -3.31. The molecule has 2 aliphatic rings. The van der Waals surface area contributed by atoms with E-state index in [1.807, 2.05) is 17.5 Å². The molecule has 2 saturated heterocycles. The number of anilines is 1. The first-order valence-corrected chi connectivity index (χ1v) is 13.8. The van der Waals surface area contributed by atoms with Crippen molar-refractivity contribution < 1.29 is 13.2 Å². The smallest absolute Gasteiger partial charge is 0.264 e. The number of amidine groups is 1. The highest BCUT2D eigenvalue weighted by atomic mass is 32.2. The third kappa shape index (κ3) is 6.18. The number of thiazole rings is 1. The molecule has 2 N–H and O–H groups in total. The number of carbonyl (C=O) groups excluding carboxylic acids is 1. The number of hydrogen-bond acceptors (Lipinski definition) is 8. The quantitative estimate of drug-likeness (QED) is 0.602. The number of likely N-dealkylation sites (tertiary alicyclic amines) is 1. The second-order valence-electron chi connectivity index (χ2n) is 7.99. The largest absolute Gasteiger partial charge is 0.306 e. The standard InChI is InChI=1S/C21H25N5O3S3/c1-26-9-7-14(8-10-26)12-22-21-24-19(27)18(31-21)11-17-13-30-20(23-17)15-3-5-16(6-4-15)25-32(2,28)29/h3-6,11,13-14,25H,7-10,12H2,1-2H3,(H,22,24,27)/b18-11-. The molecule has 32 heavy (non-hydrogen) atoms. The molecule has 2 aliphatic heterocycles. The number of carbonyl (C=O) groups is 1. The van der Waals surface area contributed by atoms with Crippen molar-refractivity contribution >= 4 is 56.0 Å². The van der Waals surface area contributed by atoms with E-state index >= 15 is 0 Å². The van der Waals surface area contributed by atoms with Gasteiger partial charge in [-0.3, -0.25) is 14.5 Å². The highest BCUT2D eigenvalue weighted by Crippen LogP contribution is 2.30. The lowest BCUT2D eigenvalue weighted by Crippen LogP contribution is -2.31. The predicted octanol–water partition coefficient (Wildman–Crippen LogP) is 3.08. The Bertz CT molecular complexity index is 1150. The molecule has 11 heteroatoms. The lowest BCUT2D eigenvalue weighted by molar-refractivity contribution is -0.115. The summed E-state index contributed by atoms with van der Waals surface area (Å²) in [6.07, 6.45) is 5.17. The molecule has 0 unspecified atom stereocenters. The van der Waals surface area contributed by atoms with Crippen LogP contribution < -0.4 is 10.0 Å². The number of sulfonamides is 1. The maximum atomic E-state index is 12.3. The molecule has 1 amide bonds. The van der Waals surface area contributed by atoms with Gasteiger partial charge in [0.05, 0.1) is 16.9 Å². The summed E-state index contributed by atoms with van der Waals surface area (Å²) in [5.41, 5.74) is 2.08. The number of benzene rings is 1. The fourth-order valence-electron chi connectivity index (χ4n) is 3.47. The molecular formula is C21H25N5O3S3. The van der Waals surface area contributed by atoms with Crippen LogP contribution in [0, 0.1) is 5.92 Å². The molecular weight excluding hydrogens is 466 g/mol. The number of aromatic nitrogens is 1. The van der Waals surface area contributed by atoms with Gasteiger partial charge in [-0.15, -0.1) is 11.3 Å². The van der Waals surface area contributed by atoms with E-state index in [-0.39, 0.29) is 5.91 Å². The van der Waals surface area contributed by atoms with Crippen LogP contribution in [0.2, 0.25) is 0 Å². The van der Waals surface area contributed by atoms with Gasteiger partial charge < -0.3 is 10.2 Å². The van der Waals surface area contributed by atoms with E-state index in [0.29, 0.717) is 27.4 Å². The van der Waals surface area contributed by atoms with Gasteiger partial charge in [0, 0.05) is 23.2 Å². The van der Waals surface area contributed by atoms with E-state index in [1.165, 1.54) is 23.1 Å². The number of hydrogen-bond donors (Lipinski definition) is 2. The third-order valence-corrected chi connectivity index (χ3v) is 7.68. The van der Waals surface area contributed by atoms with Gasteiger partial charge in [-0.1, -0.05) is 0 Å². The fourth-order valence-corrected chi connectivity index (χ4v) is 5.63. The van der Waals surface area contributed by atoms with Crippen molar-refractivity contribution in [2.75, 3.05) is 37.7 Å². The number of nitrogens with one attached hydrogen (secondary N) is 2. The van der Waals surface area contributed by atoms with Crippen LogP contribution in [0.15, 0.2) is 39.5 Å². The number of rotatable bonds is 6. The minimum Gasteiger partial charge on any atom is -0.306 e. The van der Waals surface area contributed by atoms with Crippen molar-refractivity contribution in [2.45, 2.75) is 12.8 Å². The highest BCUT2D eigenvalue weighted by Gasteiger charge is 2.25. The van der Waals surface area contributed by atoms with Gasteiger partial charge in [0.1, 0.15) is 5.01 Å². The molecule has 1 aromatic carbocycles. The van der Waals surface area contributed by atoms with E-state index in [2.05, 4.69) is 32.0 Å². The topological polar surface area (TPSA) is 104 Å². The molecule has 2 aromatic rings. The monoisotopic (exact) mass is 491 g/mol. The van der Waals surface area contributed by atoms with Gasteiger partial charge in [-0.25, -0.2) is 13.4 Å². The zero-order chi connectivity index (χ0) is 22.7. The van der Waals surface area contributed by atoms with Gasteiger partial charge in [-0.2, -0.15) is 0 Å². The summed E-state index contributed by atoms with van der Waals surface area (Å²) in [7, 11) is -1.17. The van der Waals surface area contributed by atoms with Crippen LogP contribution in [-0.2, 0) is 14.8 Å². The van der Waals surface area contributed by atoms with E-state index < -0.39 is 10.0 Å². The summed E-state index contributed by atoms with van der Waals surface area (Å²) < 4.78 is 25.1. The Hall–Kier alpha value is -2.21. The Balaban J connectivity index is 1.39. The summed E-state index contributed by atoms with van der Waals surface area (Å²) in [5.74, 6) is 0.423. The molecule has 8 nitrogen and oxygen atoms in total. The molecule has 1 aromatic heterocycles.